The monoisotopic (exact) mass is 238 g/mol. The second kappa shape index (κ2) is 4.84. The molecule has 0 radical (unpaired) electrons. The van der Waals surface area contributed by atoms with Crippen LogP contribution in [0.5, 0.6) is 17.2 Å². The van der Waals surface area contributed by atoms with Gasteiger partial charge in [-0.1, -0.05) is 13.8 Å². The lowest BCUT2D eigenvalue weighted by molar-refractivity contribution is -0.0114. The molecule has 0 saturated heterocycles. The quantitative estimate of drug-likeness (QED) is 0.855. The van der Waals surface area contributed by atoms with E-state index in [-0.39, 0.29) is 6.79 Å². The van der Waals surface area contributed by atoms with Crippen molar-refractivity contribution in [1.82, 2.24) is 0 Å². The van der Waals surface area contributed by atoms with Gasteiger partial charge in [-0.3, -0.25) is 0 Å². The van der Waals surface area contributed by atoms with Crippen LogP contribution in [-0.4, -0.2) is 24.1 Å². The third kappa shape index (κ3) is 2.64. The fourth-order valence-electron chi connectivity index (χ4n) is 1.64. The molecule has 1 N–H and O–H groups in total. The molecule has 1 aliphatic heterocycles. The Labute approximate surface area is 101 Å². The highest BCUT2D eigenvalue weighted by atomic mass is 16.7. The van der Waals surface area contributed by atoms with Crippen LogP contribution in [0.3, 0.4) is 0 Å². The molecule has 2 rings (SSSR count). The molecule has 0 unspecified atom stereocenters. The van der Waals surface area contributed by atoms with E-state index in [1.54, 1.807) is 6.07 Å². The largest absolute Gasteiger partial charge is 0.490 e. The van der Waals surface area contributed by atoms with Crippen LogP contribution in [0.25, 0.3) is 0 Å². The zero-order valence-electron chi connectivity index (χ0n) is 10.2. The van der Waals surface area contributed by atoms with Crippen LogP contribution in [-0.2, 0) is 0 Å². The van der Waals surface area contributed by atoms with E-state index in [0.717, 1.165) is 5.75 Å². The van der Waals surface area contributed by atoms with Crippen LogP contribution in [0.2, 0.25) is 0 Å². The normalized spacial score (nSPS) is 13.8. The smallest absolute Gasteiger partial charge is 0.231 e. The van der Waals surface area contributed by atoms with E-state index in [2.05, 4.69) is 0 Å². The Morgan fingerprint density at radius 1 is 1.24 bits per heavy atom. The molecule has 1 aliphatic rings. The van der Waals surface area contributed by atoms with E-state index in [1.165, 1.54) is 0 Å². The van der Waals surface area contributed by atoms with Gasteiger partial charge in [-0.05, 0) is 25.0 Å². The lowest BCUT2D eigenvalue weighted by Gasteiger charge is -2.25. The fourth-order valence-corrected chi connectivity index (χ4v) is 1.64. The van der Waals surface area contributed by atoms with Crippen molar-refractivity contribution in [3.8, 4) is 17.2 Å². The second-order valence-electron chi connectivity index (χ2n) is 4.24. The SMILES string of the molecule is CCC(O)(CC)COc1ccc2c(c1)OCO2. The van der Waals surface area contributed by atoms with E-state index in [0.29, 0.717) is 30.9 Å². The molecule has 1 heterocycles. The summed E-state index contributed by atoms with van der Waals surface area (Å²) in [5, 5.41) is 10.1. The molecule has 0 amide bonds. The van der Waals surface area contributed by atoms with Crippen molar-refractivity contribution in [2.45, 2.75) is 32.3 Å². The minimum absolute atomic E-state index is 0.257. The number of hydrogen-bond acceptors (Lipinski definition) is 4. The average Bonchev–Trinajstić information content (AvgIpc) is 2.83. The maximum atomic E-state index is 10.1. The van der Waals surface area contributed by atoms with Crippen molar-refractivity contribution >= 4 is 0 Å². The molecule has 0 aliphatic carbocycles. The van der Waals surface area contributed by atoms with Gasteiger partial charge in [-0.2, -0.15) is 0 Å². The number of ether oxygens (including phenoxy) is 3. The number of fused-ring (bicyclic) bond motifs is 1. The summed E-state index contributed by atoms with van der Waals surface area (Å²) in [6, 6.07) is 5.42. The van der Waals surface area contributed by atoms with Gasteiger partial charge in [0.05, 0.1) is 5.60 Å². The highest BCUT2D eigenvalue weighted by molar-refractivity contribution is 5.46. The average molecular weight is 238 g/mol. The van der Waals surface area contributed by atoms with E-state index < -0.39 is 5.60 Å². The minimum Gasteiger partial charge on any atom is -0.490 e. The molecule has 1 aromatic carbocycles. The fraction of sp³-hybridized carbons (Fsp3) is 0.538. The standard InChI is InChI=1S/C13H18O4/c1-3-13(14,4-2)8-15-10-5-6-11-12(7-10)17-9-16-11/h5-7,14H,3-4,8-9H2,1-2H3. The number of hydrogen-bond donors (Lipinski definition) is 1. The molecule has 0 spiro atoms. The first kappa shape index (κ1) is 12.0. The Morgan fingerprint density at radius 2 is 1.94 bits per heavy atom. The topological polar surface area (TPSA) is 47.9 Å². The first-order valence-corrected chi connectivity index (χ1v) is 5.91. The van der Waals surface area contributed by atoms with Crippen LogP contribution < -0.4 is 14.2 Å². The Balaban J connectivity index is 2.00. The zero-order chi connectivity index (χ0) is 12.3. The third-order valence-corrected chi connectivity index (χ3v) is 3.17. The molecule has 0 bridgehead atoms. The highest BCUT2D eigenvalue weighted by Crippen LogP contribution is 2.35. The Morgan fingerprint density at radius 3 is 2.65 bits per heavy atom. The highest BCUT2D eigenvalue weighted by Gasteiger charge is 2.23. The number of rotatable bonds is 5. The van der Waals surface area contributed by atoms with E-state index in [9.17, 15) is 5.11 Å². The summed E-state index contributed by atoms with van der Waals surface area (Å²) < 4.78 is 16.1. The maximum Gasteiger partial charge on any atom is 0.231 e. The minimum atomic E-state index is -0.754. The summed E-state index contributed by atoms with van der Waals surface area (Å²) in [6.45, 7) is 4.45. The molecule has 4 heteroatoms. The first-order valence-electron chi connectivity index (χ1n) is 5.91. The zero-order valence-corrected chi connectivity index (χ0v) is 10.2. The van der Waals surface area contributed by atoms with Gasteiger partial charge in [0.25, 0.3) is 0 Å². The lowest BCUT2D eigenvalue weighted by atomic mass is 9.99. The van der Waals surface area contributed by atoms with Crippen LogP contribution >= 0.6 is 0 Å². The summed E-state index contributed by atoms with van der Waals surface area (Å²) in [7, 11) is 0. The van der Waals surface area contributed by atoms with Gasteiger partial charge in [-0.15, -0.1) is 0 Å². The van der Waals surface area contributed by atoms with Crippen LogP contribution in [0.15, 0.2) is 18.2 Å². The molecular weight excluding hydrogens is 220 g/mol. The molecule has 0 atom stereocenters. The van der Waals surface area contributed by atoms with Crippen molar-refractivity contribution < 1.29 is 19.3 Å². The lowest BCUT2D eigenvalue weighted by Crippen LogP contribution is -2.34. The van der Waals surface area contributed by atoms with Crippen LogP contribution in [0.4, 0.5) is 0 Å². The second-order valence-corrected chi connectivity index (χ2v) is 4.24. The summed E-state index contributed by atoms with van der Waals surface area (Å²) in [4.78, 5) is 0. The predicted molar refractivity (Wildman–Crippen MR) is 63.6 cm³/mol. The van der Waals surface area contributed by atoms with Crippen LogP contribution in [0, 0.1) is 0 Å². The maximum absolute atomic E-state index is 10.1. The van der Waals surface area contributed by atoms with Gasteiger partial charge in [-0.25, -0.2) is 0 Å². The van der Waals surface area contributed by atoms with E-state index in [4.69, 9.17) is 14.2 Å². The van der Waals surface area contributed by atoms with Crippen molar-refractivity contribution in [2.24, 2.45) is 0 Å². The van der Waals surface area contributed by atoms with Gasteiger partial charge >= 0.3 is 0 Å². The molecule has 4 nitrogen and oxygen atoms in total. The number of benzene rings is 1. The van der Waals surface area contributed by atoms with Crippen LogP contribution in [0.1, 0.15) is 26.7 Å². The first-order chi connectivity index (χ1) is 8.17. The third-order valence-electron chi connectivity index (χ3n) is 3.17. The van der Waals surface area contributed by atoms with E-state index >= 15 is 0 Å². The Bertz CT molecular complexity index is 385. The predicted octanol–water partition coefficient (Wildman–Crippen LogP) is 2.35. The number of aliphatic hydroxyl groups is 1. The summed E-state index contributed by atoms with van der Waals surface area (Å²) in [5.41, 5.74) is -0.754. The molecule has 17 heavy (non-hydrogen) atoms. The van der Waals surface area contributed by atoms with E-state index in [1.807, 2.05) is 26.0 Å². The summed E-state index contributed by atoms with van der Waals surface area (Å²) in [6.07, 6.45) is 1.35. The molecular formula is C13H18O4. The van der Waals surface area contributed by atoms with Gasteiger partial charge in [0, 0.05) is 6.07 Å². The Hall–Kier alpha value is -1.42. The van der Waals surface area contributed by atoms with Crippen molar-refractivity contribution in [2.75, 3.05) is 13.4 Å². The van der Waals surface area contributed by atoms with Crippen molar-refractivity contribution in [3.63, 3.8) is 0 Å². The summed E-state index contributed by atoms with van der Waals surface area (Å²) in [5.74, 6) is 2.12. The van der Waals surface area contributed by atoms with Gasteiger partial charge in [0.15, 0.2) is 11.5 Å². The van der Waals surface area contributed by atoms with Gasteiger partial charge in [0.1, 0.15) is 12.4 Å². The van der Waals surface area contributed by atoms with Crippen molar-refractivity contribution in [1.29, 1.82) is 0 Å². The summed E-state index contributed by atoms with van der Waals surface area (Å²) >= 11 is 0. The molecule has 0 aromatic heterocycles. The molecule has 1 aromatic rings. The Kier molecular flexibility index (Phi) is 3.43. The van der Waals surface area contributed by atoms with Crippen molar-refractivity contribution in [3.05, 3.63) is 18.2 Å². The molecule has 0 fully saturated rings. The molecule has 94 valence electrons. The molecule has 0 saturated carbocycles. The van der Waals surface area contributed by atoms with Gasteiger partial charge < -0.3 is 19.3 Å². The van der Waals surface area contributed by atoms with Gasteiger partial charge in [0.2, 0.25) is 6.79 Å².